The Labute approximate surface area is 233 Å². The number of carbonyl (C=O) groups is 1. The molecule has 0 radical (unpaired) electrons. The predicted octanol–water partition coefficient (Wildman–Crippen LogP) is 7.75. The summed E-state index contributed by atoms with van der Waals surface area (Å²) in [5.74, 6) is 3.33. The first kappa shape index (κ1) is 32.6. The molecule has 5 heteroatoms. The van der Waals surface area contributed by atoms with Crippen LogP contribution in [0, 0.1) is 38.5 Å². The molecule has 1 aromatic rings. The minimum absolute atomic E-state index is 0.172. The number of rotatable bonds is 15. The summed E-state index contributed by atoms with van der Waals surface area (Å²) < 4.78 is 12.4. The van der Waals surface area contributed by atoms with Crippen LogP contribution in [0.15, 0.2) is 0 Å². The largest absolute Gasteiger partial charge is 0.487 e. The SMILES string of the molecule is Cc1c(C)c2c(c(C)c1OC(=O)C(N)C(C)O)CC[C@@](C)(CCC[C@H](C)CCC[C@H](C)CCCC(C)C)O2. The van der Waals surface area contributed by atoms with Crippen molar-refractivity contribution < 1.29 is 19.4 Å². The van der Waals surface area contributed by atoms with Crippen LogP contribution < -0.4 is 15.2 Å². The minimum atomic E-state index is -1.06. The molecule has 0 aliphatic carbocycles. The Morgan fingerprint density at radius 2 is 1.47 bits per heavy atom. The van der Waals surface area contributed by atoms with Gasteiger partial charge in [-0.05, 0) is 94.7 Å². The monoisotopic (exact) mass is 531 g/mol. The van der Waals surface area contributed by atoms with Gasteiger partial charge < -0.3 is 20.3 Å². The van der Waals surface area contributed by atoms with Gasteiger partial charge in [-0.2, -0.15) is 0 Å². The second kappa shape index (κ2) is 14.7. The molecule has 0 bridgehead atoms. The molecule has 1 heterocycles. The zero-order chi connectivity index (χ0) is 28.6. The predicted molar refractivity (Wildman–Crippen MR) is 158 cm³/mol. The highest BCUT2D eigenvalue weighted by Gasteiger charge is 2.35. The van der Waals surface area contributed by atoms with Crippen molar-refractivity contribution >= 4 is 5.97 Å². The molecule has 0 amide bonds. The highest BCUT2D eigenvalue weighted by molar-refractivity contribution is 5.80. The zero-order valence-corrected chi connectivity index (χ0v) is 25.9. The van der Waals surface area contributed by atoms with Crippen LogP contribution in [0.4, 0.5) is 0 Å². The average molecular weight is 532 g/mol. The first-order valence-corrected chi connectivity index (χ1v) is 15.2. The second-order valence-corrected chi connectivity index (χ2v) is 13.1. The van der Waals surface area contributed by atoms with E-state index in [0.29, 0.717) is 5.75 Å². The molecule has 1 aliphatic heterocycles. The maximum Gasteiger partial charge on any atom is 0.331 e. The maximum absolute atomic E-state index is 12.4. The lowest BCUT2D eigenvalue weighted by atomic mass is 9.83. The van der Waals surface area contributed by atoms with Gasteiger partial charge in [0.25, 0.3) is 0 Å². The Morgan fingerprint density at radius 1 is 0.921 bits per heavy atom. The van der Waals surface area contributed by atoms with E-state index in [1.807, 2.05) is 20.8 Å². The van der Waals surface area contributed by atoms with Gasteiger partial charge in [-0.1, -0.05) is 72.6 Å². The quantitative estimate of drug-likeness (QED) is 0.179. The smallest absolute Gasteiger partial charge is 0.331 e. The van der Waals surface area contributed by atoms with Crippen LogP contribution in [0.3, 0.4) is 0 Å². The summed E-state index contributed by atoms with van der Waals surface area (Å²) in [4.78, 5) is 12.4. The molecule has 0 fully saturated rings. The lowest BCUT2D eigenvalue weighted by Gasteiger charge is -2.38. The van der Waals surface area contributed by atoms with Gasteiger partial charge in [0.2, 0.25) is 0 Å². The summed E-state index contributed by atoms with van der Waals surface area (Å²) in [7, 11) is 0. The Hall–Kier alpha value is -1.59. The molecule has 1 aliphatic rings. The number of nitrogens with two attached hydrogens (primary N) is 1. The van der Waals surface area contributed by atoms with Gasteiger partial charge in [0.1, 0.15) is 23.1 Å². The third-order valence-electron chi connectivity index (χ3n) is 8.83. The van der Waals surface area contributed by atoms with Gasteiger partial charge in [-0.25, -0.2) is 4.79 Å². The van der Waals surface area contributed by atoms with E-state index in [1.165, 1.54) is 58.3 Å². The van der Waals surface area contributed by atoms with E-state index in [2.05, 4.69) is 34.6 Å². The molecular formula is C33H57NO4. The van der Waals surface area contributed by atoms with Gasteiger partial charge in [-0.15, -0.1) is 0 Å². The number of fused-ring (bicyclic) bond motifs is 1. The Balaban J connectivity index is 1.89. The standard InChI is InChI=1S/C33H57NO4/c1-21(2)13-10-14-22(3)15-11-16-23(4)17-12-19-33(9)20-18-28-26(7)30(24(5)25(6)31(28)38-33)37-32(36)29(34)27(8)35/h21-23,27,29,35H,10-20,34H2,1-9H3/t22-,23-,27?,29?,33-/m1/s1. The number of ether oxygens (including phenoxy) is 2. The number of aliphatic hydroxyl groups excluding tert-OH is 1. The van der Waals surface area contributed by atoms with Gasteiger partial charge in [0.15, 0.2) is 0 Å². The fourth-order valence-corrected chi connectivity index (χ4v) is 5.78. The number of benzene rings is 1. The van der Waals surface area contributed by atoms with E-state index in [4.69, 9.17) is 15.2 Å². The van der Waals surface area contributed by atoms with Crippen LogP contribution in [0.1, 0.15) is 128 Å². The Bertz CT molecular complexity index is 909. The Kier molecular flexibility index (Phi) is 12.6. The summed E-state index contributed by atoms with van der Waals surface area (Å²) in [5, 5.41) is 9.68. The van der Waals surface area contributed by atoms with E-state index in [9.17, 15) is 9.90 Å². The number of hydrogen-bond donors (Lipinski definition) is 2. The Morgan fingerprint density at radius 3 is 2.03 bits per heavy atom. The van der Waals surface area contributed by atoms with Gasteiger partial charge in [0.05, 0.1) is 6.10 Å². The number of hydrogen-bond acceptors (Lipinski definition) is 5. The van der Waals surface area contributed by atoms with E-state index >= 15 is 0 Å². The molecule has 0 aromatic heterocycles. The first-order chi connectivity index (χ1) is 17.8. The summed E-state index contributed by atoms with van der Waals surface area (Å²) in [6.45, 7) is 19.2. The van der Waals surface area contributed by atoms with Crippen molar-refractivity contribution in [3.05, 3.63) is 22.3 Å². The first-order valence-electron chi connectivity index (χ1n) is 15.2. The normalized spacial score (nSPS) is 20.4. The van der Waals surface area contributed by atoms with Crippen molar-refractivity contribution in [3.8, 4) is 11.5 Å². The summed E-state index contributed by atoms with van der Waals surface area (Å²) in [6, 6.07) is -1.06. The third kappa shape index (κ3) is 9.26. The van der Waals surface area contributed by atoms with E-state index in [0.717, 1.165) is 65.0 Å². The molecule has 3 N–H and O–H groups in total. The molecule has 218 valence electrons. The van der Waals surface area contributed by atoms with Crippen LogP contribution in [0.25, 0.3) is 0 Å². The molecule has 2 unspecified atom stereocenters. The second-order valence-electron chi connectivity index (χ2n) is 13.1. The molecule has 5 atom stereocenters. The third-order valence-corrected chi connectivity index (χ3v) is 8.83. The van der Waals surface area contributed by atoms with Crippen molar-refractivity contribution in [2.75, 3.05) is 0 Å². The van der Waals surface area contributed by atoms with Crippen molar-refractivity contribution in [3.63, 3.8) is 0 Å². The van der Waals surface area contributed by atoms with Gasteiger partial charge >= 0.3 is 5.97 Å². The molecule has 0 saturated heterocycles. The minimum Gasteiger partial charge on any atom is -0.487 e. The van der Waals surface area contributed by atoms with Crippen molar-refractivity contribution in [2.45, 2.75) is 151 Å². The molecule has 1 aromatic carbocycles. The fraction of sp³-hybridized carbons (Fsp3) is 0.788. The highest BCUT2D eigenvalue weighted by atomic mass is 16.5. The van der Waals surface area contributed by atoms with E-state index in [-0.39, 0.29) is 5.60 Å². The number of esters is 1. The number of carbonyl (C=O) groups excluding carboxylic acids is 1. The summed E-state index contributed by atoms with van der Waals surface area (Å²) >= 11 is 0. The van der Waals surface area contributed by atoms with E-state index in [1.54, 1.807) is 0 Å². The molecule has 0 saturated carbocycles. The molecule has 0 spiro atoms. The van der Waals surface area contributed by atoms with Crippen LogP contribution in [0.2, 0.25) is 0 Å². The highest BCUT2D eigenvalue weighted by Crippen LogP contribution is 2.45. The lowest BCUT2D eigenvalue weighted by Crippen LogP contribution is -2.43. The van der Waals surface area contributed by atoms with E-state index < -0.39 is 18.1 Å². The van der Waals surface area contributed by atoms with Crippen molar-refractivity contribution in [1.82, 2.24) is 0 Å². The van der Waals surface area contributed by atoms with Crippen LogP contribution in [0.5, 0.6) is 11.5 Å². The maximum atomic E-state index is 12.4. The van der Waals surface area contributed by atoms with Gasteiger partial charge in [-0.3, -0.25) is 0 Å². The average Bonchev–Trinajstić information content (AvgIpc) is 2.84. The zero-order valence-electron chi connectivity index (χ0n) is 25.9. The van der Waals surface area contributed by atoms with Crippen LogP contribution >= 0.6 is 0 Å². The lowest BCUT2D eigenvalue weighted by molar-refractivity contribution is -0.138. The fourth-order valence-electron chi connectivity index (χ4n) is 5.78. The number of aliphatic hydroxyl groups is 1. The van der Waals surface area contributed by atoms with Gasteiger partial charge in [0, 0.05) is 5.56 Å². The molecule has 5 nitrogen and oxygen atoms in total. The van der Waals surface area contributed by atoms with Crippen LogP contribution in [-0.2, 0) is 11.2 Å². The molecule has 2 rings (SSSR count). The topological polar surface area (TPSA) is 81.8 Å². The van der Waals surface area contributed by atoms with Crippen LogP contribution in [-0.4, -0.2) is 28.8 Å². The molecular weight excluding hydrogens is 474 g/mol. The van der Waals surface area contributed by atoms with Crippen molar-refractivity contribution in [2.24, 2.45) is 23.5 Å². The molecule has 38 heavy (non-hydrogen) atoms. The summed E-state index contributed by atoms with van der Waals surface area (Å²) in [6.07, 6.45) is 12.5. The summed E-state index contributed by atoms with van der Waals surface area (Å²) in [5.41, 5.74) is 9.59. The van der Waals surface area contributed by atoms with Crippen molar-refractivity contribution in [1.29, 1.82) is 0 Å².